The van der Waals surface area contributed by atoms with Crippen LogP contribution in [0.2, 0.25) is 0 Å². The molecular formula is C18H34O4. The molecule has 0 aromatic heterocycles. The number of carbonyl (C=O) groups is 2. The SMILES string of the molecule is CCCC(CC)OC(=O)CCCCC(=O)OCCCC(C)C. The number of hydrogen-bond donors (Lipinski definition) is 0. The van der Waals surface area contributed by atoms with E-state index in [4.69, 9.17) is 9.47 Å². The molecule has 130 valence electrons. The van der Waals surface area contributed by atoms with Gasteiger partial charge in [0, 0.05) is 12.8 Å². The minimum Gasteiger partial charge on any atom is -0.466 e. The van der Waals surface area contributed by atoms with Gasteiger partial charge < -0.3 is 9.47 Å². The van der Waals surface area contributed by atoms with Crippen LogP contribution in [0.5, 0.6) is 0 Å². The minimum absolute atomic E-state index is 0.0448. The summed E-state index contributed by atoms with van der Waals surface area (Å²) >= 11 is 0. The Morgan fingerprint density at radius 1 is 0.909 bits per heavy atom. The highest BCUT2D eigenvalue weighted by atomic mass is 16.5. The lowest BCUT2D eigenvalue weighted by atomic mass is 10.1. The summed E-state index contributed by atoms with van der Waals surface area (Å²) in [6, 6.07) is 0. The fraction of sp³-hybridized carbons (Fsp3) is 0.889. The van der Waals surface area contributed by atoms with Crippen molar-refractivity contribution >= 4 is 11.9 Å². The van der Waals surface area contributed by atoms with Gasteiger partial charge in [-0.05, 0) is 44.4 Å². The topological polar surface area (TPSA) is 52.6 Å². The van der Waals surface area contributed by atoms with E-state index in [2.05, 4.69) is 20.8 Å². The molecule has 0 aliphatic carbocycles. The van der Waals surface area contributed by atoms with E-state index in [1.54, 1.807) is 0 Å². The zero-order valence-electron chi connectivity index (χ0n) is 14.9. The number of esters is 2. The highest BCUT2D eigenvalue weighted by Crippen LogP contribution is 2.10. The Kier molecular flexibility index (Phi) is 12.9. The fourth-order valence-corrected chi connectivity index (χ4v) is 2.20. The third-order valence-corrected chi connectivity index (χ3v) is 3.56. The Morgan fingerprint density at radius 3 is 2.09 bits per heavy atom. The summed E-state index contributed by atoms with van der Waals surface area (Å²) in [5, 5.41) is 0. The molecule has 4 nitrogen and oxygen atoms in total. The van der Waals surface area contributed by atoms with Gasteiger partial charge in [0.15, 0.2) is 0 Å². The first-order valence-electron chi connectivity index (χ1n) is 8.84. The van der Waals surface area contributed by atoms with Crippen LogP contribution in [0, 0.1) is 5.92 Å². The summed E-state index contributed by atoms with van der Waals surface area (Å²) in [7, 11) is 0. The maximum absolute atomic E-state index is 11.7. The second-order valence-electron chi connectivity index (χ2n) is 6.27. The highest BCUT2D eigenvalue weighted by Gasteiger charge is 2.11. The molecule has 0 rings (SSSR count). The van der Waals surface area contributed by atoms with Gasteiger partial charge in [0.2, 0.25) is 0 Å². The zero-order valence-corrected chi connectivity index (χ0v) is 14.9. The summed E-state index contributed by atoms with van der Waals surface area (Å²) in [6.07, 6.45) is 7.00. The van der Waals surface area contributed by atoms with Gasteiger partial charge in [0.1, 0.15) is 6.10 Å². The van der Waals surface area contributed by atoms with Crippen molar-refractivity contribution in [1.82, 2.24) is 0 Å². The van der Waals surface area contributed by atoms with E-state index in [1.165, 1.54) is 0 Å². The van der Waals surface area contributed by atoms with Crippen LogP contribution in [0.15, 0.2) is 0 Å². The van der Waals surface area contributed by atoms with Crippen LogP contribution < -0.4 is 0 Å². The number of ether oxygens (including phenoxy) is 2. The molecule has 0 saturated carbocycles. The molecule has 0 bridgehead atoms. The predicted molar refractivity (Wildman–Crippen MR) is 88.6 cm³/mol. The second-order valence-corrected chi connectivity index (χ2v) is 6.27. The van der Waals surface area contributed by atoms with Gasteiger partial charge in [-0.15, -0.1) is 0 Å². The Bertz CT molecular complexity index is 299. The maximum Gasteiger partial charge on any atom is 0.306 e. The molecule has 0 radical (unpaired) electrons. The van der Waals surface area contributed by atoms with Crippen LogP contribution in [0.1, 0.15) is 85.5 Å². The molecule has 0 aromatic carbocycles. The van der Waals surface area contributed by atoms with Gasteiger partial charge in [0.25, 0.3) is 0 Å². The molecule has 0 aromatic rings. The van der Waals surface area contributed by atoms with Crippen molar-refractivity contribution in [3.8, 4) is 0 Å². The normalized spacial score (nSPS) is 12.2. The molecule has 0 spiro atoms. The third kappa shape index (κ3) is 12.7. The molecule has 0 amide bonds. The van der Waals surface area contributed by atoms with E-state index in [-0.39, 0.29) is 18.0 Å². The minimum atomic E-state index is -0.158. The van der Waals surface area contributed by atoms with E-state index in [9.17, 15) is 9.59 Å². The Morgan fingerprint density at radius 2 is 1.55 bits per heavy atom. The maximum atomic E-state index is 11.7. The van der Waals surface area contributed by atoms with Crippen molar-refractivity contribution < 1.29 is 19.1 Å². The lowest BCUT2D eigenvalue weighted by Crippen LogP contribution is -2.17. The molecule has 1 unspecified atom stereocenters. The van der Waals surface area contributed by atoms with Crippen LogP contribution in [0.4, 0.5) is 0 Å². The molecule has 0 saturated heterocycles. The average Bonchev–Trinajstić information content (AvgIpc) is 2.47. The van der Waals surface area contributed by atoms with Gasteiger partial charge in [-0.3, -0.25) is 9.59 Å². The largest absolute Gasteiger partial charge is 0.466 e. The van der Waals surface area contributed by atoms with Crippen molar-refractivity contribution in [1.29, 1.82) is 0 Å². The Hall–Kier alpha value is -1.06. The molecule has 0 N–H and O–H groups in total. The van der Waals surface area contributed by atoms with Crippen LogP contribution in [-0.4, -0.2) is 24.6 Å². The monoisotopic (exact) mass is 314 g/mol. The fourth-order valence-electron chi connectivity index (χ4n) is 2.20. The zero-order chi connectivity index (χ0) is 16.8. The molecular weight excluding hydrogens is 280 g/mol. The van der Waals surface area contributed by atoms with E-state index >= 15 is 0 Å². The van der Waals surface area contributed by atoms with Gasteiger partial charge in [-0.25, -0.2) is 0 Å². The number of hydrogen-bond acceptors (Lipinski definition) is 4. The van der Waals surface area contributed by atoms with Crippen LogP contribution in [0.3, 0.4) is 0 Å². The first-order valence-corrected chi connectivity index (χ1v) is 8.84. The highest BCUT2D eigenvalue weighted by molar-refractivity contribution is 5.70. The van der Waals surface area contributed by atoms with Gasteiger partial charge in [-0.2, -0.15) is 0 Å². The van der Waals surface area contributed by atoms with Crippen molar-refractivity contribution in [2.45, 2.75) is 91.6 Å². The van der Waals surface area contributed by atoms with Crippen molar-refractivity contribution in [2.24, 2.45) is 5.92 Å². The van der Waals surface area contributed by atoms with E-state index in [1.807, 2.05) is 6.92 Å². The van der Waals surface area contributed by atoms with Gasteiger partial charge in [-0.1, -0.05) is 34.1 Å². The lowest BCUT2D eigenvalue weighted by Gasteiger charge is -2.15. The van der Waals surface area contributed by atoms with Crippen molar-refractivity contribution in [2.75, 3.05) is 6.61 Å². The van der Waals surface area contributed by atoms with Gasteiger partial charge in [0.05, 0.1) is 6.61 Å². The van der Waals surface area contributed by atoms with Crippen LogP contribution in [0.25, 0.3) is 0 Å². The number of carbonyl (C=O) groups excluding carboxylic acids is 2. The third-order valence-electron chi connectivity index (χ3n) is 3.56. The lowest BCUT2D eigenvalue weighted by molar-refractivity contribution is -0.150. The molecule has 0 aliphatic heterocycles. The molecule has 0 aliphatic rings. The first-order chi connectivity index (χ1) is 10.5. The molecule has 1 atom stereocenters. The van der Waals surface area contributed by atoms with Crippen LogP contribution in [-0.2, 0) is 19.1 Å². The van der Waals surface area contributed by atoms with E-state index in [0.717, 1.165) is 32.1 Å². The van der Waals surface area contributed by atoms with Crippen LogP contribution >= 0.6 is 0 Å². The Labute approximate surface area is 135 Å². The molecule has 22 heavy (non-hydrogen) atoms. The predicted octanol–water partition coefficient (Wildman–Crippen LogP) is 4.65. The second kappa shape index (κ2) is 13.6. The van der Waals surface area contributed by atoms with E-state index in [0.29, 0.717) is 38.2 Å². The summed E-state index contributed by atoms with van der Waals surface area (Å²) in [5.74, 6) is 0.338. The summed E-state index contributed by atoms with van der Waals surface area (Å²) in [4.78, 5) is 23.2. The standard InChI is InChI=1S/C18H34O4/c1-5-10-16(6-2)22-18(20)13-8-7-12-17(19)21-14-9-11-15(3)4/h15-16H,5-14H2,1-4H3. The summed E-state index contributed by atoms with van der Waals surface area (Å²) in [5.41, 5.74) is 0. The molecule has 0 fully saturated rings. The number of rotatable bonds is 13. The quantitative estimate of drug-likeness (QED) is 0.367. The summed E-state index contributed by atoms with van der Waals surface area (Å²) in [6.45, 7) is 8.94. The van der Waals surface area contributed by atoms with Crippen molar-refractivity contribution in [3.63, 3.8) is 0 Å². The Balaban J connectivity index is 3.58. The number of unbranched alkanes of at least 4 members (excludes halogenated alkanes) is 1. The van der Waals surface area contributed by atoms with Gasteiger partial charge >= 0.3 is 11.9 Å². The summed E-state index contributed by atoms with van der Waals surface area (Å²) < 4.78 is 10.6. The molecule has 4 heteroatoms. The average molecular weight is 314 g/mol. The van der Waals surface area contributed by atoms with Crippen molar-refractivity contribution in [3.05, 3.63) is 0 Å². The molecule has 0 heterocycles. The smallest absolute Gasteiger partial charge is 0.306 e. The van der Waals surface area contributed by atoms with E-state index < -0.39 is 0 Å². The first kappa shape index (κ1) is 20.9.